The summed E-state index contributed by atoms with van der Waals surface area (Å²) in [7, 11) is 0. The van der Waals surface area contributed by atoms with Crippen LogP contribution in [0.2, 0.25) is 0 Å². The van der Waals surface area contributed by atoms with Crippen molar-refractivity contribution >= 4 is 0 Å². The molecule has 0 heterocycles. The first-order chi connectivity index (χ1) is 7.69. The van der Waals surface area contributed by atoms with Crippen molar-refractivity contribution in [2.75, 3.05) is 19.8 Å². The van der Waals surface area contributed by atoms with Crippen LogP contribution in [0.1, 0.15) is 25.5 Å². The third-order valence-corrected chi connectivity index (χ3v) is 2.31. The summed E-state index contributed by atoms with van der Waals surface area (Å²) >= 11 is 0. The molecule has 0 amide bonds. The fraction of sp³-hybridized carbons (Fsp3) is 0.500. The maximum atomic E-state index is 13.7. The predicted molar refractivity (Wildman–Crippen MR) is 61.1 cm³/mol. The summed E-state index contributed by atoms with van der Waals surface area (Å²) in [5, 5.41) is 11.7. The zero-order valence-corrected chi connectivity index (χ0v) is 9.66. The van der Waals surface area contributed by atoms with Gasteiger partial charge in [0, 0.05) is 17.7 Å². The second kappa shape index (κ2) is 6.45. The Labute approximate surface area is 95.2 Å². The summed E-state index contributed by atoms with van der Waals surface area (Å²) < 4.78 is 18.8. The number of benzene rings is 1. The van der Waals surface area contributed by atoms with E-state index in [1.54, 1.807) is 12.1 Å². The summed E-state index contributed by atoms with van der Waals surface area (Å²) in [6, 6.07) is 4.74. The lowest BCUT2D eigenvalue weighted by molar-refractivity contribution is 0.201. The first-order valence-electron chi connectivity index (χ1n) is 5.45. The van der Waals surface area contributed by atoms with E-state index in [4.69, 9.17) is 9.84 Å². The SMILES string of the molecule is CCNC(C)c1ccc(OCCO)cc1F. The number of halogens is 1. The van der Waals surface area contributed by atoms with Gasteiger partial charge in [0.05, 0.1) is 6.61 Å². The Bertz CT molecular complexity index is 331. The fourth-order valence-corrected chi connectivity index (χ4v) is 1.53. The number of ether oxygens (including phenoxy) is 1. The zero-order chi connectivity index (χ0) is 12.0. The molecule has 0 fully saturated rings. The van der Waals surface area contributed by atoms with E-state index in [9.17, 15) is 4.39 Å². The second-order valence-corrected chi connectivity index (χ2v) is 3.53. The summed E-state index contributed by atoms with van der Waals surface area (Å²) in [6.45, 7) is 4.80. The largest absolute Gasteiger partial charge is 0.491 e. The topological polar surface area (TPSA) is 41.5 Å². The molecule has 0 aromatic heterocycles. The molecule has 90 valence electrons. The van der Waals surface area contributed by atoms with Gasteiger partial charge < -0.3 is 15.2 Å². The molecule has 1 rings (SSSR count). The smallest absolute Gasteiger partial charge is 0.131 e. The van der Waals surface area contributed by atoms with Crippen LogP contribution >= 0.6 is 0 Å². The van der Waals surface area contributed by atoms with Crippen molar-refractivity contribution in [2.24, 2.45) is 0 Å². The van der Waals surface area contributed by atoms with Crippen LogP contribution in [0.4, 0.5) is 4.39 Å². The van der Waals surface area contributed by atoms with E-state index in [1.807, 2.05) is 13.8 Å². The first-order valence-corrected chi connectivity index (χ1v) is 5.45. The van der Waals surface area contributed by atoms with Gasteiger partial charge >= 0.3 is 0 Å². The molecule has 3 nitrogen and oxygen atoms in total. The molecule has 0 bridgehead atoms. The van der Waals surface area contributed by atoms with Gasteiger partial charge in [0.25, 0.3) is 0 Å². The van der Waals surface area contributed by atoms with Crippen molar-refractivity contribution in [3.8, 4) is 5.75 Å². The molecule has 1 aromatic rings. The molecule has 0 radical (unpaired) electrons. The van der Waals surface area contributed by atoms with Crippen molar-refractivity contribution < 1.29 is 14.2 Å². The molecule has 0 saturated carbocycles. The normalized spacial score (nSPS) is 12.5. The number of aliphatic hydroxyl groups is 1. The van der Waals surface area contributed by atoms with Crippen molar-refractivity contribution in [1.29, 1.82) is 0 Å². The maximum absolute atomic E-state index is 13.7. The van der Waals surface area contributed by atoms with Crippen LogP contribution in [-0.2, 0) is 0 Å². The van der Waals surface area contributed by atoms with Crippen LogP contribution in [0.25, 0.3) is 0 Å². The Hall–Kier alpha value is -1.13. The molecule has 1 atom stereocenters. The third-order valence-electron chi connectivity index (χ3n) is 2.31. The van der Waals surface area contributed by atoms with E-state index >= 15 is 0 Å². The summed E-state index contributed by atoms with van der Waals surface area (Å²) in [5.41, 5.74) is 0.623. The van der Waals surface area contributed by atoms with Crippen LogP contribution in [-0.4, -0.2) is 24.9 Å². The van der Waals surface area contributed by atoms with Gasteiger partial charge in [-0.25, -0.2) is 4.39 Å². The monoisotopic (exact) mass is 227 g/mol. The average Bonchev–Trinajstić information content (AvgIpc) is 2.26. The Morgan fingerprint density at radius 2 is 2.25 bits per heavy atom. The van der Waals surface area contributed by atoms with Crippen molar-refractivity contribution in [2.45, 2.75) is 19.9 Å². The lowest BCUT2D eigenvalue weighted by atomic mass is 10.1. The van der Waals surface area contributed by atoms with E-state index in [0.717, 1.165) is 6.54 Å². The molecular weight excluding hydrogens is 209 g/mol. The van der Waals surface area contributed by atoms with Crippen LogP contribution in [0.15, 0.2) is 18.2 Å². The van der Waals surface area contributed by atoms with Gasteiger partial charge in [-0.2, -0.15) is 0 Å². The molecule has 0 aliphatic rings. The van der Waals surface area contributed by atoms with E-state index < -0.39 is 0 Å². The molecule has 0 saturated heterocycles. The molecule has 0 spiro atoms. The number of aliphatic hydroxyl groups excluding tert-OH is 1. The van der Waals surface area contributed by atoms with Crippen LogP contribution in [0.5, 0.6) is 5.75 Å². The highest BCUT2D eigenvalue weighted by Gasteiger charge is 2.10. The fourth-order valence-electron chi connectivity index (χ4n) is 1.53. The van der Waals surface area contributed by atoms with Crippen molar-refractivity contribution in [3.63, 3.8) is 0 Å². The minimum atomic E-state index is -0.288. The minimum absolute atomic E-state index is 0.0168. The lowest BCUT2D eigenvalue weighted by Crippen LogP contribution is -2.18. The molecule has 0 aliphatic heterocycles. The summed E-state index contributed by atoms with van der Waals surface area (Å²) in [4.78, 5) is 0. The maximum Gasteiger partial charge on any atom is 0.131 e. The van der Waals surface area contributed by atoms with Gasteiger partial charge in [0.1, 0.15) is 18.2 Å². The number of nitrogens with one attached hydrogen (secondary N) is 1. The number of hydrogen-bond acceptors (Lipinski definition) is 3. The van der Waals surface area contributed by atoms with E-state index in [0.29, 0.717) is 11.3 Å². The Morgan fingerprint density at radius 3 is 2.81 bits per heavy atom. The third kappa shape index (κ3) is 3.47. The van der Waals surface area contributed by atoms with Gasteiger partial charge in [0.15, 0.2) is 0 Å². The van der Waals surface area contributed by atoms with Gasteiger partial charge in [0.2, 0.25) is 0 Å². The first kappa shape index (κ1) is 12.9. The van der Waals surface area contributed by atoms with E-state index in [1.165, 1.54) is 6.07 Å². The van der Waals surface area contributed by atoms with Crippen LogP contribution in [0.3, 0.4) is 0 Å². The van der Waals surface area contributed by atoms with Gasteiger partial charge in [-0.1, -0.05) is 13.0 Å². The molecule has 0 aliphatic carbocycles. The van der Waals surface area contributed by atoms with Gasteiger partial charge in [-0.15, -0.1) is 0 Å². The van der Waals surface area contributed by atoms with E-state index in [2.05, 4.69) is 5.32 Å². The Kier molecular flexibility index (Phi) is 5.22. The highest BCUT2D eigenvalue weighted by atomic mass is 19.1. The lowest BCUT2D eigenvalue weighted by Gasteiger charge is -2.14. The molecule has 1 unspecified atom stereocenters. The Balaban J connectivity index is 2.74. The second-order valence-electron chi connectivity index (χ2n) is 3.53. The van der Waals surface area contributed by atoms with Crippen molar-refractivity contribution in [1.82, 2.24) is 5.32 Å². The van der Waals surface area contributed by atoms with Crippen LogP contribution < -0.4 is 10.1 Å². The molecular formula is C12H18FNO2. The summed E-state index contributed by atoms with van der Waals surface area (Å²) in [5.74, 6) is 0.155. The highest BCUT2D eigenvalue weighted by molar-refractivity contribution is 5.30. The quantitative estimate of drug-likeness (QED) is 0.779. The standard InChI is InChI=1S/C12H18FNO2/c1-3-14-9(2)11-5-4-10(8-12(11)13)16-7-6-15/h4-5,8-9,14-15H,3,6-7H2,1-2H3. The van der Waals surface area contributed by atoms with Gasteiger partial charge in [-0.05, 0) is 19.5 Å². The van der Waals surface area contributed by atoms with Crippen molar-refractivity contribution in [3.05, 3.63) is 29.6 Å². The molecule has 16 heavy (non-hydrogen) atoms. The minimum Gasteiger partial charge on any atom is -0.491 e. The van der Waals surface area contributed by atoms with Crippen LogP contribution in [0, 0.1) is 5.82 Å². The number of rotatable bonds is 6. The average molecular weight is 227 g/mol. The Morgan fingerprint density at radius 1 is 1.50 bits per heavy atom. The number of hydrogen-bond donors (Lipinski definition) is 2. The van der Waals surface area contributed by atoms with Gasteiger partial charge in [-0.3, -0.25) is 0 Å². The molecule has 2 N–H and O–H groups in total. The highest BCUT2D eigenvalue weighted by Crippen LogP contribution is 2.21. The predicted octanol–water partition coefficient (Wildman–Crippen LogP) is 1.87. The molecule has 1 aromatic carbocycles. The summed E-state index contributed by atoms with van der Waals surface area (Å²) in [6.07, 6.45) is 0. The van der Waals surface area contributed by atoms with E-state index in [-0.39, 0.29) is 25.1 Å². The zero-order valence-electron chi connectivity index (χ0n) is 9.66. The molecule has 4 heteroatoms.